The number of benzene rings is 1. The maximum Gasteiger partial charge on any atom is 0.345 e. The van der Waals surface area contributed by atoms with E-state index in [1.807, 2.05) is 0 Å². The van der Waals surface area contributed by atoms with E-state index >= 15 is 0 Å². The van der Waals surface area contributed by atoms with E-state index < -0.39 is 11.5 Å². The number of carbonyl (C=O) groups is 1. The lowest BCUT2D eigenvalue weighted by atomic mass is 10.3. The third-order valence-electron chi connectivity index (χ3n) is 2.35. The van der Waals surface area contributed by atoms with Gasteiger partial charge in [0.15, 0.2) is 0 Å². The maximum atomic E-state index is 12.0. The number of rotatable bonds is 3. The first-order valence-electron chi connectivity index (χ1n) is 5.37. The molecule has 0 fully saturated rings. The Bertz CT molecular complexity index is 613. The van der Waals surface area contributed by atoms with Crippen molar-refractivity contribution in [3.8, 4) is 5.69 Å². The van der Waals surface area contributed by atoms with Crippen LogP contribution in [0.15, 0.2) is 35.3 Å². The fourth-order valence-electron chi connectivity index (χ4n) is 1.51. The summed E-state index contributed by atoms with van der Waals surface area (Å²) < 4.78 is 6.04. The van der Waals surface area contributed by atoms with Crippen LogP contribution in [-0.2, 0) is 4.74 Å². The van der Waals surface area contributed by atoms with Crippen molar-refractivity contribution >= 4 is 17.6 Å². The largest absolute Gasteiger partial charge is 0.462 e. The van der Waals surface area contributed by atoms with Gasteiger partial charge in [-0.2, -0.15) is 0 Å². The van der Waals surface area contributed by atoms with E-state index in [0.717, 1.165) is 0 Å². The van der Waals surface area contributed by atoms with E-state index in [2.05, 4.69) is 5.10 Å². The Labute approximate surface area is 108 Å². The molecule has 0 atom stereocenters. The summed E-state index contributed by atoms with van der Waals surface area (Å²) in [6, 6.07) is 6.67. The summed E-state index contributed by atoms with van der Waals surface area (Å²) in [5, 5.41) is 3.28. The number of ether oxygens (including phenoxy) is 1. The molecule has 0 saturated carbocycles. The summed E-state index contributed by atoms with van der Waals surface area (Å²) in [4.78, 5) is 23.5. The van der Waals surface area contributed by atoms with Gasteiger partial charge in [0.1, 0.15) is 5.56 Å². The topological polar surface area (TPSA) is 64.1 Å². The fourth-order valence-corrected chi connectivity index (χ4v) is 1.63. The minimum absolute atomic E-state index is 0.0215. The molecule has 1 N–H and O–H groups in total. The second-order valence-electron chi connectivity index (χ2n) is 3.52. The van der Waals surface area contributed by atoms with Gasteiger partial charge in [-0.1, -0.05) is 11.6 Å². The molecule has 0 bridgehead atoms. The minimum Gasteiger partial charge on any atom is -0.462 e. The molecule has 0 aliphatic rings. The Hall–Kier alpha value is -2.01. The lowest BCUT2D eigenvalue weighted by molar-refractivity contribution is 0.0525. The highest BCUT2D eigenvalue weighted by Crippen LogP contribution is 2.11. The van der Waals surface area contributed by atoms with Gasteiger partial charge in [-0.15, -0.1) is 0 Å². The Morgan fingerprint density at radius 2 is 2.06 bits per heavy atom. The van der Waals surface area contributed by atoms with Crippen LogP contribution >= 0.6 is 11.6 Å². The van der Waals surface area contributed by atoms with Crippen molar-refractivity contribution in [3.63, 3.8) is 0 Å². The van der Waals surface area contributed by atoms with Crippen LogP contribution in [0.3, 0.4) is 0 Å². The zero-order valence-corrected chi connectivity index (χ0v) is 10.4. The number of aromatic nitrogens is 2. The number of nitrogens with one attached hydrogen (secondary N) is 1. The normalized spacial score (nSPS) is 10.3. The van der Waals surface area contributed by atoms with Crippen LogP contribution < -0.4 is 5.56 Å². The number of hydrogen-bond acceptors (Lipinski definition) is 3. The lowest BCUT2D eigenvalue weighted by Crippen LogP contribution is -2.21. The standard InChI is InChI=1S/C12H11ClN2O3/c1-2-18-12(17)10-7-14-15(11(10)16)9-5-3-8(13)4-6-9/h3-7,14H,2H2,1H3. The van der Waals surface area contributed by atoms with E-state index in [1.54, 1.807) is 31.2 Å². The van der Waals surface area contributed by atoms with Gasteiger partial charge in [0.2, 0.25) is 0 Å². The molecule has 2 rings (SSSR count). The van der Waals surface area contributed by atoms with Crippen molar-refractivity contribution in [2.75, 3.05) is 6.61 Å². The molecule has 94 valence electrons. The smallest absolute Gasteiger partial charge is 0.345 e. The van der Waals surface area contributed by atoms with Crippen molar-refractivity contribution in [1.82, 2.24) is 9.78 Å². The van der Waals surface area contributed by atoms with E-state index in [1.165, 1.54) is 10.9 Å². The summed E-state index contributed by atoms with van der Waals surface area (Å²) in [7, 11) is 0. The number of aromatic amines is 1. The minimum atomic E-state index is -0.633. The van der Waals surface area contributed by atoms with Crippen LogP contribution in [-0.4, -0.2) is 22.4 Å². The van der Waals surface area contributed by atoms with Crippen molar-refractivity contribution in [2.45, 2.75) is 6.92 Å². The molecule has 0 aliphatic carbocycles. The molecule has 1 aromatic heterocycles. The van der Waals surface area contributed by atoms with Crippen molar-refractivity contribution in [1.29, 1.82) is 0 Å². The average molecular weight is 267 g/mol. The first-order chi connectivity index (χ1) is 8.63. The third-order valence-corrected chi connectivity index (χ3v) is 2.60. The molecule has 18 heavy (non-hydrogen) atoms. The Kier molecular flexibility index (Phi) is 3.53. The number of esters is 1. The molecule has 5 nitrogen and oxygen atoms in total. The second-order valence-corrected chi connectivity index (χ2v) is 3.96. The summed E-state index contributed by atoms with van der Waals surface area (Å²) in [6.07, 6.45) is 1.33. The first kappa shape index (κ1) is 12.4. The predicted molar refractivity (Wildman–Crippen MR) is 67.4 cm³/mol. The third kappa shape index (κ3) is 2.31. The number of carbonyl (C=O) groups excluding carboxylic acids is 1. The zero-order valence-electron chi connectivity index (χ0n) is 9.64. The first-order valence-corrected chi connectivity index (χ1v) is 5.74. The quantitative estimate of drug-likeness (QED) is 0.864. The highest BCUT2D eigenvalue weighted by Gasteiger charge is 2.15. The fraction of sp³-hybridized carbons (Fsp3) is 0.167. The van der Waals surface area contributed by atoms with Crippen LogP contribution in [0.2, 0.25) is 5.02 Å². The van der Waals surface area contributed by atoms with Gasteiger partial charge >= 0.3 is 5.97 Å². The number of halogens is 1. The van der Waals surface area contributed by atoms with Gasteiger partial charge in [0, 0.05) is 11.2 Å². The van der Waals surface area contributed by atoms with E-state index in [-0.39, 0.29) is 12.2 Å². The highest BCUT2D eigenvalue weighted by atomic mass is 35.5. The molecule has 1 heterocycles. The SMILES string of the molecule is CCOC(=O)c1c[nH]n(-c2ccc(Cl)cc2)c1=O. The molecule has 2 aromatic rings. The number of nitrogens with zero attached hydrogens (tertiary/aromatic N) is 1. The average Bonchev–Trinajstić information content (AvgIpc) is 2.73. The van der Waals surface area contributed by atoms with Gasteiger partial charge in [-0.25, -0.2) is 9.48 Å². The van der Waals surface area contributed by atoms with Gasteiger partial charge in [0.05, 0.1) is 12.3 Å². The summed E-state index contributed by atoms with van der Waals surface area (Å²) in [6.45, 7) is 1.91. The molecule has 0 unspecified atom stereocenters. The Morgan fingerprint density at radius 1 is 1.39 bits per heavy atom. The molecule has 0 saturated heterocycles. The second kappa shape index (κ2) is 5.10. The van der Waals surface area contributed by atoms with E-state index in [0.29, 0.717) is 10.7 Å². The van der Waals surface area contributed by atoms with Gasteiger partial charge in [0.25, 0.3) is 5.56 Å². The molecule has 6 heteroatoms. The number of hydrogen-bond donors (Lipinski definition) is 1. The van der Waals surface area contributed by atoms with Crippen molar-refractivity contribution < 1.29 is 9.53 Å². The van der Waals surface area contributed by atoms with E-state index in [4.69, 9.17) is 16.3 Å². The summed E-state index contributed by atoms with van der Waals surface area (Å²) in [5.74, 6) is -0.633. The summed E-state index contributed by atoms with van der Waals surface area (Å²) >= 11 is 5.76. The highest BCUT2D eigenvalue weighted by molar-refractivity contribution is 6.30. The Morgan fingerprint density at radius 3 is 2.67 bits per heavy atom. The van der Waals surface area contributed by atoms with Gasteiger partial charge in [-0.05, 0) is 31.2 Å². The molecule has 0 spiro atoms. The zero-order chi connectivity index (χ0) is 13.1. The predicted octanol–water partition coefficient (Wildman–Crippen LogP) is 2.00. The monoisotopic (exact) mass is 266 g/mol. The molecular weight excluding hydrogens is 256 g/mol. The molecule has 0 radical (unpaired) electrons. The lowest BCUT2D eigenvalue weighted by Gasteiger charge is -2.00. The number of H-pyrrole nitrogens is 1. The van der Waals surface area contributed by atoms with Crippen LogP contribution in [0.5, 0.6) is 0 Å². The van der Waals surface area contributed by atoms with Gasteiger partial charge in [-0.3, -0.25) is 9.89 Å². The molecular formula is C12H11ClN2O3. The summed E-state index contributed by atoms with van der Waals surface area (Å²) in [5.41, 5.74) is 0.127. The maximum absolute atomic E-state index is 12.0. The van der Waals surface area contributed by atoms with Gasteiger partial charge < -0.3 is 4.74 Å². The molecule has 0 amide bonds. The van der Waals surface area contributed by atoms with Crippen LogP contribution in [0.4, 0.5) is 0 Å². The van der Waals surface area contributed by atoms with Crippen LogP contribution in [0, 0.1) is 0 Å². The molecule has 1 aromatic carbocycles. The van der Waals surface area contributed by atoms with Crippen LogP contribution in [0.25, 0.3) is 5.69 Å². The van der Waals surface area contributed by atoms with Crippen molar-refractivity contribution in [3.05, 3.63) is 51.4 Å². The Balaban J connectivity index is 2.40. The molecule has 0 aliphatic heterocycles. The van der Waals surface area contributed by atoms with Crippen molar-refractivity contribution in [2.24, 2.45) is 0 Å². The van der Waals surface area contributed by atoms with E-state index in [9.17, 15) is 9.59 Å². The van der Waals surface area contributed by atoms with Crippen LogP contribution in [0.1, 0.15) is 17.3 Å².